The van der Waals surface area contributed by atoms with Gasteiger partial charge in [-0.3, -0.25) is 0 Å². The summed E-state index contributed by atoms with van der Waals surface area (Å²) in [4.78, 5) is 11.0. The molecule has 4 rings (SSSR count). The first-order chi connectivity index (χ1) is 14.6. The molecule has 0 radical (unpaired) electrons. The summed E-state index contributed by atoms with van der Waals surface area (Å²) in [5, 5.41) is 21.7. The Labute approximate surface area is 176 Å². The van der Waals surface area contributed by atoms with Crippen LogP contribution in [-0.2, 0) is 25.7 Å². The maximum absolute atomic E-state index is 11.0. The number of benzene rings is 4. The van der Waals surface area contributed by atoms with Crippen molar-refractivity contribution in [2.45, 2.75) is 25.7 Å². The normalized spacial score (nSPS) is 10.9. The highest BCUT2D eigenvalue weighted by atomic mass is 16.4. The van der Waals surface area contributed by atoms with Crippen molar-refractivity contribution in [2.24, 2.45) is 0 Å². The van der Waals surface area contributed by atoms with Crippen LogP contribution in [0.4, 0.5) is 0 Å². The van der Waals surface area contributed by atoms with E-state index >= 15 is 0 Å². The van der Waals surface area contributed by atoms with Gasteiger partial charge in [0.25, 0.3) is 0 Å². The summed E-state index contributed by atoms with van der Waals surface area (Å²) in [7, 11) is 0. The van der Waals surface area contributed by atoms with Crippen molar-refractivity contribution in [3.05, 3.63) is 113 Å². The average Bonchev–Trinajstić information content (AvgIpc) is 2.76. The highest BCUT2D eigenvalue weighted by Crippen LogP contribution is 2.21. The monoisotopic (exact) mass is 396 g/mol. The number of hydrogen-bond donors (Lipinski definition) is 2. The topological polar surface area (TPSA) is 57.5 Å². The van der Waals surface area contributed by atoms with Gasteiger partial charge in [-0.25, -0.2) is 4.79 Å². The Balaban J connectivity index is 1.41. The number of carbonyl (C=O) groups is 1. The molecule has 150 valence electrons. The minimum Gasteiger partial charge on any atom is -0.508 e. The van der Waals surface area contributed by atoms with Crippen molar-refractivity contribution in [3.8, 4) is 5.75 Å². The largest absolute Gasteiger partial charge is 0.508 e. The summed E-state index contributed by atoms with van der Waals surface area (Å²) in [6.45, 7) is 0. The fourth-order valence-corrected chi connectivity index (χ4v) is 3.82. The lowest BCUT2D eigenvalue weighted by molar-refractivity contribution is 0.0697. The molecule has 4 aromatic rings. The van der Waals surface area contributed by atoms with E-state index in [1.165, 1.54) is 16.3 Å². The number of aryl methyl sites for hydroxylation is 4. The van der Waals surface area contributed by atoms with Gasteiger partial charge in [0.15, 0.2) is 0 Å². The van der Waals surface area contributed by atoms with Crippen LogP contribution in [0.2, 0.25) is 0 Å². The molecule has 0 amide bonds. The molecule has 0 fully saturated rings. The Bertz CT molecular complexity index is 1180. The average molecular weight is 396 g/mol. The summed E-state index contributed by atoms with van der Waals surface area (Å²) in [5.41, 5.74) is 4.88. The third-order valence-corrected chi connectivity index (χ3v) is 5.46. The Hall–Kier alpha value is -3.59. The molecule has 0 spiro atoms. The number of hydrogen-bond acceptors (Lipinski definition) is 2. The van der Waals surface area contributed by atoms with Crippen LogP contribution in [0.5, 0.6) is 5.75 Å². The van der Waals surface area contributed by atoms with E-state index in [2.05, 4.69) is 48.5 Å². The highest BCUT2D eigenvalue weighted by molar-refractivity contribution is 5.87. The number of fused-ring (bicyclic) bond motifs is 1. The second-order valence-electron chi connectivity index (χ2n) is 7.69. The quantitative estimate of drug-likeness (QED) is 0.414. The lowest BCUT2D eigenvalue weighted by Gasteiger charge is -2.09. The molecule has 3 nitrogen and oxygen atoms in total. The second kappa shape index (κ2) is 8.83. The van der Waals surface area contributed by atoms with E-state index in [1.54, 1.807) is 12.1 Å². The fraction of sp³-hybridized carbons (Fsp3) is 0.148. The van der Waals surface area contributed by atoms with E-state index in [0.29, 0.717) is 11.3 Å². The minimum absolute atomic E-state index is 0.294. The Kier molecular flexibility index (Phi) is 5.80. The van der Waals surface area contributed by atoms with Gasteiger partial charge in [0.05, 0.1) is 5.56 Å². The molecule has 3 heteroatoms. The van der Waals surface area contributed by atoms with Crippen LogP contribution in [-0.4, -0.2) is 16.2 Å². The molecule has 0 bridgehead atoms. The van der Waals surface area contributed by atoms with Crippen molar-refractivity contribution in [3.63, 3.8) is 0 Å². The molecule has 0 aliphatic carbocycles. The van der Waals surface area contributed by atoms with Crippen molar-refractivity contribution >= 4 is 16.7 Å². The van der Waals surface area contributed by atoms with E-state index in [4.69, 9.17) is 5.11 Å². The molecular formula is C27H24O3. The molecule has 0 saturated carbocycles. The standard InChI is InChI=1S/C27H24O3/c28-26-17-21(7-5-19-9-13-24(14-10-19)27(29)30)15-22(18-26)8-6-20-11-12-23-3-1-2-4-25(23)16-20/h1-4,9-18,28H,5-8H2,(H,29,30). The van der Waals surface area contributed by atoms with Gasteiger partial charge in [0.1, 0.15) is 5.75 Å². The van der Waals surface area contributed by atoms with Crippen molar-refractivity contribution in [1.29, 1.82) is 0 Å². The Morgan fingerprint density at radius 1 is 0.600 bits per heavy atom. The molecule has 0 heterocycles. The van der Waals surface area contributed by atoms with Crippen LogP contribution in [0.3, 0.4) is 0 Å². The molecule has 0 saturated heterocycles. The van der Waals surface area contributed by atoms with Gasteiger partial charge in [0, 0.05) is 0 Å². The molecule has 0 unspecified atom stereocenters. The lowest BCUT2D eigenvalue weighted by Crippen LogP contribution is -1.98. The number of carboxylic acid groups (broad SMARTS) is 1. The van der Waals surface area contributed by atoms with E-state index in [0.717, 1.165) is 42.4 Å². The predicted molar refractivity (Wildman–Crippen MR) is 120 cm³/mol. The van der Waals surface area contributed by atoms with E-state index < -0.39 is 5.97 Å². The second-order valence-corrected chi connectivity index (χ2v) is 7.69. The number of phenols is 1. The number of carboxylic acids is 1. The van der Waals surface area contributed by atoms with Crippen LogP contribution in [0.1, 0.15) is 32.6 Å². The molecule has 30 heavy (non-hydrogen) atoms. The van der Waals surface area contributed by atoms with Gasteiger partial charge in [-0.2, -0.15) is 0 Å². The van der Waals surface area contributed by atoms with Crippen LogP contribution >= 0.6 is 0 Å². The maximum Gasteiger partial charge on any atom is 0.335 e. The molecular weight excluding hydrogens is 372 g/mol. The number of aromatic carboxylic acids is 1. The van der Waals surface area contributed by atoms with Gasteiger partial charge in [-0.05, 0) is 83.0 Å². The smallest absolute Gasteiger partial charge is 0.335 e. The van der Waals surface area contributed by atoms with Crippen LogP contribution in [0.25, 0.3) is 10.8 Å². The molecule has 0 aliphatic heterocycles. The number of aromatic hydroxyl groups is 1. The van der Waals surface area contributed by atoms with Gasteiger partial charge < -0.3 is 10.2 Å². The number of rotatable bonds is 7. The van der Waals surface area contributed by atoms with Gasteiger partial charge in [0.2, 0.25) is 0 Å². The lowest BCUT2D eigenvalue weighted by atomic mass is 9.97. The third-order valence-electron chi connectivity index (χ3n) is 5.46. The molecule has 2 N–H and O–H groups in total. The van der Waals surface area contributed by atoms with Crippen LogP contribution < -0.4 is 0 Å². The van der Waals surface area contributed by atoms with Gasteiger partial charge in [-0.15, -0.1) is 0 Å². The zero-order valence-electron chi connectivity index (χ0n) is 16.7. The number of phenolic OH excluding ortho intramolecular Hbond substituents is 1. The SMILES string of the molecule is O=C(O)c1ccc(CCc2cc(O)cc(CCc3ccc4ccccc4c3)c2)cc1. The Morgan fingerprint density at radius 3 is 1.83 bits per heavy atom. The summed E-state index contributed by atoms with van der Waals surface area (Å²) >= 11 is 0. The van der Waals surface area contributed by atoms with E-state index in [9.17, 15) is 9.90 Å². The first-order valence-electron chi connectivity index (χ1n) is 10.2. The molecule has 0 aliphatic rings. The van der Waals surface area contributed by atoms with Gasteiger partial charge >= 0.3 is 5.97 Å². The van der Waals surface area contributed by atoms with Crippen LogP contribution in [0, 0.1) is 0 Å². The van der Waals surface area contributed by atoms with Crippen molar-refractivity contribution < 1.29 is 15.0 Å². The van der Waals surface area contributed by atoms with Crippen molar-refractivity contribution in [1.82, 2.24) is 0 Å². The first kappa shape index (κ1) is 19.7. The minimum atomic E-state index is -0.911. The summed E-state index contributed by atoms with van der Waals surface area (Å²) < 4.78 is 0. The zero-order chi connectivity index (χ0) is 20.9. The predicted octanol–water partition coefficient (Wildman–Crippen LogP) is 5.81. The zero-order valence-corrected chi connectivity index (χ0v) is 16.7. The fourth-order valence-electron chi connectivity index (χ4n) is 3.82. The van der Waals surface area contributed by atoms with Gasteiger partial charge in [-0.1, -0.05) is 60.7 Å². The summed E-state index contributed by atoms with van der Waals surface area (Å²) in [5.74, 6) is -0.618. The van der Waals surface area contributed by atoms with E-state index in [1.807, 2.05) is 24.3 Å². The van der Waals surface area contributed by atoms with E-state index in [-0.39, 0.29) is 0 Å². The first-order valence-corrected chi connectivity index (χ1v) is 10.2. The Morgan fingerprint density at radius 2 is 1.17 bits per heavy atom. The summed E-state index contributed by atoms with van der Waals surface area (Å²) in [6.07, 6.45) is 3.38. The maximum atomic E-state index is 11.0. The van der Waals surface area contributed by atoms with Crippen LogP contribution in [0.15, 0.2) is 84.9 Å². The van der Waals surface area contributed by atoms with Crippen molar-refractivity contribution in [2.75, 3.05) is 0 Å². The molecule has 0 aromatic heterocycles. The summed E-state index contributed by atoms with van der Waals surface area (Å²) in [6, 6.07) is 27.7. The highest BCUT2D eigenvalue weighted by Gasteiger charge is 2.05. The molecule has 0 atom stereocenters. The molecule has 4 aromatic carbocycles. The third kappa shape index (κ3) is 4.87.